The zero-order valence-electron chi connectivity index (χ0n) is 20.2. The third-order valence-corrected chi connectivity index (χ3v) is 8.01. The van der Waals surface area contributed by atoms with Crippen LogP contribution in [0, 0.1) is 12.8 Å². The molecule has 178 valence electrons. The summed E-state index contributed by atoms with van der Waals surface area (Å²) in [5.74, 6) is 2.81. The number of nitrogens with zero attached hydrogens (tertiary/aromatic N) is 4. The lowest BCUT2D eigenvalue weighted by Crippen LogP contribution is -2.38. The first-order chi connectivity index (χ1) is 16.0. The van der Waals surface area contributed by atoms with Crippen LogP contribution >= 0.6 is 0 Å². The number of rotatable bonds is 8. The molecular formula is C26H38N6O. The van der Waals surface area contributed by atoms with Crippen molar-refractivity contribution < 1.29 is 4.79 Å². The number of nitrogens with one attached hydrogen (secondary N) is 2. The number of hydrogen-bond donors (Lipinski definition) is 2. The highest BCUT2D eigenvalue weighted by Crippen LogP contribution is 2.45. The largest absolute Gasteiger partial charge is 0.349 e. The van der Waals surface area contributed by atoms with Gasteiger partial charge in [0.05, 0.1) is 18.0 Å². The molecule has 33 heavy (non-hydrogen) atoms. The molecule has 0 aliphatic carbocycles. The molecule has 7 nitrogen and oxygen atoms in total. The number of aromatic nitrogens is 3. The maximum Gasteiger partial charge on any atom is 0.224 e. The van der Waals surface area contributed by atoms with E-state index in [1.807, 2.05) is 6.07 Å². The van der Waals surface area contributed by atoms with Crippen molar-refractivity contribution in [2.45, 2.75) is 83.0 Å². The minimum atomic E-state index is 0.0561. The van der Waals surface area contributed by atoms with Gasteiger partial charge in [0, 0.05) is 31.1 Å². The van der Waals surface area contributed by atoms with E-state index in [-0.39, 0.29) is 17.9 Å². The van der Waals surface area contributed by atoms with E-state index in [2.05, 4.69) is 75.3 Å². The Bertz CT molecular complexity index is 951. The Labute approximate surface area is 197 Å². The van der Waals surface area contributed by atoms with Crippen molar-refractivity contribution >= 4 is 5.91 Å². The Balaban J connectivity index is 1.30. The lowest BCUT2D eigenvalue weighted by molar-refractivity contribution is -0.125. The fourth-order valence-electron chi connectivity index (χ4n) is 6.34. The molecule has 5 rings (SSSR count). The summed E-state index contributed by atoms with van der Waals surface area (Å²) in [6, 6.07) is 12.2. The van der Waals surface area contributed by atoms with Crippen molar-refractivity contribution in [2.75, 3.05) is 19.6 Å². The van der Waals surface area contributed by atoms with E-state index in [1.54, 1.807) is 0 Å². The van der Waals surface area contributed by atoms with Crippen molar-refractivity contribution in [2.24, 2.45) is 5.92 Å². The van der Waals surface area contributed by atoms with Crippen LogP contribution in [-0.2, 0) is 4.79 Å². The summed E-state index contributed by atoms with van der Waals surface area (Å²) in [4.78, 5) is 15.6. The Morgan fingerprint density at radius 2 is 1.97 bits per heavy atom. The normalized spacial score (nSPS) is 28.0. The van der Waals surface area contributed by atoms with Gasteiger partial charge in [-0.15, -0.1) is 10.2 Å². The molecule has 1 amide bonds. The van der Waals surface area contributed by atoms with E-state index in [0.717, 1.165) is 44.1 Å². The van der Waals surface area contributed by atoms with Gasteiger partial charge < -0.3 is 15.2 Å². The number of carbonyl (C=O) groups excluding carboxylic acids is 1. The van der Waals surface area contributed by atoms with Crippen LogP contribution < -0.4 is 10.6 Å². The minimum Gasteiger partial charge on any atom is -0.349 e. The molecule has 0 radical (unpaired) electrons. The van der Waals surface area contributed by atoms with Crippen LogP contribution in [-0.4, -0.2) is 57.3 Å². The SMILES string of the molecule is Cc1nnc(C(C)C)n1C1CC2CCC1N2CC[C@H](NC(=O)C1CCNC1)c1ccccc1. The summed E-state index contributed by atoms with van der Waals surface area (Å²) in [6.45, 7) is 9.24. The van der Waals surface area contributed by atoms with E-state index in [4.69, 9.17) is 0 Å². The van der Waals surface area contributed by atoms with E-state index in [0.29, 0.717) is 24.0 Å². The molecule has 3 saturated heterocycles. The highest BCUT2D eigenvalue weighted by Gasteiger charge is 2.47. The molecule has 3 aliphatic heterocycles. The van der Waals surface area contributed by atoms with Crippen LogP contribution in [0.4, 0.5) is 0 Å². The molecule has 0 spiro atoms. The van der Waals surface area contributed by atoms with Gasteiger partial charge in [-0.2, -0.15) is 0 Å². The summed E-state index contributed by atoms with van der Waals surface area (Å²) in [6.07, 6.45) is 5.56. The van der Waals surface area contributed by atoms with Gasteiger partial charge in [0.25, 0.3) is 0 Å². The van der Waals surface area contributed by atoms with Gasteiger partial charge in [0.1, 0.15) is 11.6 Å². The van der Waals surface area contributed by atoms with Crippen molar-refractivity contribution in [3.05, 3.63) is 47.5 Å². The minimum absolute atomic E-state index is 0.0561. The van der Waals surface area contributed by atoms with Gasteiger partial charge in [0.15, 0.2) is 0 Å². The third kappa shape index (κ3) is 4.45. The van der Waals surface area contributed by atoms with Gasteiger partial charge in [-0.1, -0.05) is 44.2 Å². The number of amides is 1. The topological polar surface area (TPSA) is 75.1 Å². The number of benzene rings is 1. The van der Waals surface area contributed by atoms with Crippen LogP contribution in [0.5, 0.6) is 0 Å². The quantitative estimate of drug-likeness (QED) is 0.645. The van der Waals surface area contributed by atoms with E-state index in [9.17, 15) is 4.79 Å². The molecule has 4 unspecified atom stereocenters. The molecule has 2 N–H and O–H groups in total. The van der Waals surface area contributed by atoms with Crippen molar-refractivity contribution in [3.8, 4) is 0 Å². The van der Waals surface area contributed by atoms with Crippen LogP contribution in [0.15, 0.2) is 30.3 Å². The van der Waals surface area contributed by atoms with Gasteiger partial charge in [-0.25, -0.2) is 0 Å². The standard InChI is InChI=1S/C26H38N6O/c1-17(2)25-30-29-18(3)32(25)24-15-21-9-10-23(24)31(21)14-12-22(19-7-5-4-6-8-19)28-26(33)20-11-13-27-16-20/h4-8,17,20-24,27H,9-16H2,1-3H3,(H,28,33)/t20?,21?,22-,23?,24?/m0/s1. The lowest BCUT2D eigenvalue weighted by atomic mass is 9.94. The Morgan fingerprint density at radius 3 is 2.70 bits per heavy atom. The molecule has 1 aromatic carbocycles. The molecule has 1 aromatic heterocycles. The summed E-state index contributed by atoms with van der Waals surface area (Å²) >= 11 is 0. The maximum absolute atomic E-state index is 12.9. The predicted molar refractivity (Wildman–Crippen MR) is 129 cm³/mol. The molecule has 2 bridgehead atoms. The molecule has 5 atom stereocenters. The summed E-state index contributed by atoms with van der Waals surface area (Å²) < 4.78 is 2.42. The molecule has 3 fully saturated rings. The summed E-state index contributed by atoms with van der Waals surface area (Å²) in [5.41, 5.74) is 1.21. The van der Waals surface area contributed by atoms with Gasteiger partial charge in [-0.3, -0.25) is 9.69 Å². The van der Waals surface area contributed by atoms with Gasteiger partial charge >= 0.3 is 0 Å². The number of hydrogen-bond acceptors (Lipinski definition) is 5. The van der Waals surface area contributed by atoms with Crippen molar-refractivity contribution in [1.82, 2.24) is 30.3 Å². The zero-order valence-corrected chi connectivity index (χ0v) is 20.2. The smallest absolute Gasteiger partial charge is 0.224 e. The number of fused-ring (bicyclic) bond motifs is 2. The predicted octanol–water partition coefficient (Wildman–Crippen LogP) is 3.34. The monoisotopic (exact) mass is 450 g/mol. The van der Waals surface area contributed by atoms with Crippen LogP contribution in [0.3, 0.4) is 0 Å². The number of carbonyl (C=O) groups is 1. The molecule has 3 aliphatic rings. The third-order valence-electron chi connectivity index (χ3n) is 8.01. The molecule has 0 saturated carbocycles. The average molecular weight is 451 g/mol. The second-order valence-electron chi connectivity index (χ2n) is 10.4. The number of aryl methyl sites for hydroxylation is 1. The van der Waals surface area contributed by atoms with E-state index >= 15 is 0 Å². The van der Waals surface area contributed by atoms with Crippen LogP contribution in [0.1, 0.15) is 81.2 Å². The van der Waals surface area contributed by atoms with Crippen molar-refractivity contribution in [1.29, 1.82) is 0 Å². The Morgan fingerprint density at radius 1 is 1.15 bits per heavy atom. The van der Waals surface area contributed by atoms with Crippen molar-refractivity contribution in [3.63, 3.8) is 0 Å². The fraction of sp³-hybridized carbons (Fsp3) is 0.654. The zero-order chi connectivity index (χ0) is 22.9. The first kappa shape index (κ1) is 22.5. The molecule has 2 aromatic rings. The second-order valence-corrected chi connectivity index (χ2v) is 10.4. The summed E-state index contributed by atoms with van der Waals surface area (Å²) in [7, 11) is 0. The maximum atomic E-state index is 12.9. The van der Waals surface area contributed by atoms with Gasteiger partial charge in [0.2, 0.25) is 5.91 Å². The van der Waals surface area contributed by atoms with E-state index in [1.165, 1.54) is 24.8 Å². The molecule has 7 heteroatoms. The highest BCUT2D eigenvalue weighted by molar-refractivity contribution is 5.79. The lowest BCUT2D eigenvalue weighted by Gasteiger charge is -2.29. The van der Waals surface area contributed by atoms with Gasteiger partial charge in [-0.05, 0) is 51.1 Å². The molecule has 4 heterocycles. The summed E-state index contributed by atoms with van der Waals surface area (Å²) in [5, 5.41) is 15.6. The van der Waals surface area contributed by atoms with E-state index < -0.39 is 0 Å². The Kier molecular flexibility index (Phi) is 6.52. The van der Waals surface area contributed by atoms with Crippen LogP contribution in [0.25, 0.3) is 0 Å². The second kappa shape index (κ2) is 9.55. The first-order valence-corrected chi connectivity index (χ1v) is 12.8. The Hall–Kier alpha value is -2.25. The average Bonchev–Trinajstić information content (AvgIpc) is 3.61. The fourth-order valence-corrected chi connectivity index (χ4v) is 6.34. The van der Waals surface area contributed by atoms with Crippen LogP contribution in [0.2, 0.25) is 0 Å². The molecular weight excluding hydrogens is 412 g/mol. The highest BCUT2D eigenvalue weighted by atomic mass is 16.2. The first-order valence-electron chi connectivity index (χ1n) is 12.8.